The number of sulfonamides is 1. The zero-order valence-corrected chi connectivity index (χ0v) is 20.3. The van der Waals surface area contributed by atoms with Gasteiger partial charge < -0.3 is 15.3 Å². The first-order valence-electron chi connectivity index (χ1n) is 9.77. The van der Waals surface area contributed by atoms with Crippen LogP contribution in [0.4, 0.5) is 11.4 Å². The second kappa shape index (κ2) is 10.2. The fourth-order valence-corrected chi connectivity index (χ4v) is 4.40. The molecule has 10 heteroatoms. The van der Waals surface area contributed by atoms with Crippen molar-refractivity contribution in [2.45, 2.75) is 11.4 Å². The summed E-state index contributed by atoms with van der Waals surface area (Å²) in [6.45, 7) is 0.0906. The van der Waals surface area contributed by atoms with E-state index >= 15 is 0 Å². The molecule has 1 amide bonds. The number of carbonyl (C=O) groups is 2. The Labute approximate surface area is 200 Å². The van der Waals surface area contributed by atoms with Gasteiger partial charge in [0.2, 0.25) is 10.0 Å². The number of carboxylic acids is 1. The number of rotatable bonds is 8. The van der Waals surface area contributed by atoms with E-state index < -0.39 is 21.9 Å². The van der Waals surface area contributed by atoms with Crippen molar-refractivity contribution < 1.29 is 23.1 Å². The zero-order valence-electron chi connectivity index (χ0n) is 17.9. The van der Waals surface area contributed by atoms with E-state index in [1.54, 1.807) is 6.07 Å². The SMILES string of the molecule is CN(C)c1ccc(CNS(=O)(=O)c2cccc(C(=O)Nc3ccc(Br)cc3C(=O)O)c2)cc1. The van der Waals surface area contributed by atoms with Crippen LogP contribution in [-0.2, 0) is 16.6 Å². The predicted octanol–water partition coefficient (Wildman–Crippen LogP) is 3.94. The second-order valence-electron chi connectivity index (χ2n) is 7.36. The van der Waals surface area contributed by atoms with Crippen LogP contribution in [0.25, 0.3) is 0 Å². The first-order valence-corrected chi connectivity index (χ1v) is 12.0. The Kier molecular flexibility index (Phi) is 7.52. The third-order valence-corrected chi connectivity index (χ3v) is 6.68. The number of carboxylic acid groups (broad SMARTS) is 1. The van der Waals surface area contributed by atoms with Gasteiger partial charge in [0.05, 0.1) is 16.1 Å². The number of aromatic carboxylic acids is 1. The van der Waals surface area contributed by atoms with Crippen LogP contribution in [0, 0.1) is 0 Å². The highest BCUT2D eigenvalue weighted by Gasteiger charge is 2.18. The second-order valence-corrected chi connectivity index (χ2v) is 10.0. The van der Waals surface area contributed by atoms with Crippen LogP contribution in [0.1, 0.15) is 26.3 Å². The molecule has 3 rings (SSSR count). The molecule has 0 aromatic heterocycles. The van der Waals surface area contributed by atoms with E-state index in [1.807, 2.05) is 43.3 Å². The van der Waals surface area contributed by atoms with Gasteiger partial charge in [-0.05, 0) is 54.1 Å². The topological polar surface area (TPSA) is 116 Å². The van der Waals surface area contributed by atoms with Crippen LogP contribution in [0.5, 0.6) is 0 Å². The van der Waals surface area contributed by atoms with Gasteiger partial charge in [-0.1, -0.05) is 34.1 Å². The summed E-state index contributed by atoms with van der Waals surface area (Å²) in [7, 11) is -0.0483. The van der Waals surface area contributed by atoms with Gasteiger partial charge in [-0.2, -0.15) is 0 Å². The van der Waals surface area contributed by atoms with E-state index in [0.29, 0.717) is 4.47 Å². The van der Waals surface area contributed by atoms with E-state index in [9.17, 15) is 23.1 Å². The van der Waals surface area contributed by atoms with Gasteiger partial charge in [-0.15, -0.1) is 0 Å². The maximum absolute atomic E-state index is 12.8. The minimum atomic E-state index is -3.88. The number of hydrogen-bond donors (Lipinski definition) is 3. The van der Waals surface area contributed by atoms with Crippen molar-refractivity contribution in [1.29, 1.82) is 0 Å². The zero-order chi connectivity index (χ0) is 24.2. The van der Waals surface area contributed by atoms with Crippen LogP contribution >= 0.6 is 15.9 Å². The summed E-state index contributed by atoms with van der Waals surface area (Å²) < 4.78 is 28.6. The molecule has 0 aliphatic rings. The summed E-state index contributed by atoms with van der Waals surface area (Å²) in [6.07, 6.45) is 0. The van der Waals surface area contributed by atoms with Crippen molar-refractivity contribution in [3.05, 3.63) is 87.9 Å². The minimum Gasteiger partial charge on any atom is -0.478 e. The van der Waals surface area contributed by atoms with Crippen molar-refractivity contribution in [2.75, 3.05) is 24.3 Å². The predicted molar refractivity (Wildman–Crippen MR) is 130 cm³/mol. The molecule has 172 valence electrons. The molecule has 0 aliphatic heterocycles. The minimum absolute atomic E-state index is 0.0747. The van der Waals surface area contributed by atoms with Gasteiger partial charge in [0.25, 0.3) is 5.91 Å². The van der Waals surface area contributed by atoms with Gasteiger partial charge in [0.1, 0.15) is 0 Å². The Morgan fingerprint density at radius 2 is 1.70 bits per heavy atom. The average Bonchev–Trinajstić information content (AvgIpc) is 2.79. The van der Waals surface area contributed by atoms with E-state index in [1.165, 1.54) is 36.4 Å². The molecule has 3 N–H and O–H groups in total. The van der Waals surface area contributed by atoms with E-state index in [2.05, 4.69) is 26.0 Å². The van der Waals surface area contributed by atoms with Gasteiger partial charge in [-0.25, -0.2) is 17.9 Å². The number of nitrogens with one attached hydrogen (secondary N) is 2. The lowest BCUT2D eigenvalue weighted by atomic mass is 10.1. The number of hydrogen-bond acceptors (Lipinski definition) is 5. The molecule has 0 atom stereocenters. The largest absolute Gasteiger partial charge is 0.478 e. The monoisotopic (exact) mass is 531 g/mol. The molecule has 0 radical (unpaired) electrons. The molecule has 0 saturated heterocycles. The summed E-state index contributed by atoms with van der Waals surface area (Å²) in [5.41, 5.74) is 1.87. The first kappa shape index (κ1) is 24.4. The van der Waals surface area contributed by atoms with Crippen LogP contribution in [-0.4, -0.2) is 39.5 Å². The molecule has 33 heavy (non-hydrogen) atoms. The van der Waals surface area contributed by atoms with Gasteiger partial charge in [0.15, 0.2) is 0 Å². The molecule has 0 unspecified atom stereocenters. The van der Waals surface area contributed by atoms with Crippen molar-refractivity contribution >= 4 is 49.2 Å². The van der Waals surface area contributed by atoms with Gasteiger partial charge in [-0.3, -0.25) is 4.79 Å². The quantitative estimate of drug-likeness (QED) is 0.405. The number of carbonyl (C=O) groups excluding carboxylic acids is 1. The van der Waals surface area contributed by atoms with Crippen molar-refractivity contribution in [2.24, 2.45) is 0 Å². The standard InChI is InChI=1S/C23H22BrN3O5S/c1-27(2)18-9-6-15(7-10-18)14-25-33(31,32)19-5-3-4-16(12-19)22(28)26-21-11-8-17(24)13-20(21)23(29)30/h3-13,25H,14H2,1-2H3,(H,26,28)(H,29,30). The Bertz CT molecular complexity index is 1290. The van der Waals surface area contributed by atoms with Crippen LogP contribution < -0.4 is 14.9 Å². The highest BCUT2D eigenvalue weighted by atomic mass is 79.9. The molecule has 0 aliphatic carbocycles. The maximum Gasteiger partial charge on any atom is 0.337 e. The van der Waals surface area contributed by atoms with Gasteiger partial charge >= 0.3 is 5.97 Å². The summed E-state index contributed by atoms with van der Waals surface area (Å²) in [6, 6.07) is 17.4. The summed E-state index contributed by atoms with van der Waals surface area (Å²) in [5.74, 6) is -1.83. The van der Waals surface area contributed by atoms with E-state index in [-0.39, 0.29) is 28.3 Å². The van der Waals surface area contributed by atoms with Gasteiger partial charge in [0, 0.05) is 36.4 Å². The van der Waals surface area contributed by atoms with Crippen molar-refractivity contribution in [1.82, 2.24) is 4.72 Å². The molecule has 0 fully saturated rings. The number of anilines is 2. The number of benzene rings is 3. The Balaban J connectivity index is 1.75. The fourth-order valence-electron chi connectivity index (χ4n) is 2.98. The molecular weight excluding hydrogens is 510 g/mol. The van der Waals surface area contributed by atoms with Crippen LogP contribution in [0.2, 0.25) is 0 Å². The lowest BCUT2D eigenvalue weighted by molar-refractivity contribution is 0.0698. The highest BCUT2D eigenvalue weighted by Crippen LogP contribution is 2.22. The molecule has 3 aromatic rings. The number of halogens is 1. The molecule has 3 aromatic carbocycles. The van der Waals surface area contributed by atoms with Crippen LogP contribution in [0.15, 0.2) is 76.1 Å². The van der Waals surface area contributed by atoms with E-state index in [4.69, 9.17) is 0 Å². The fraction of sp³-hybridized carbons (Fsp3) is 0.130. The van der Waals surface area contributed by atoms with Crippen molar-refractivity contribution in [3.8, 4) is 0 Å². The third kappa shape index (κ3) is 6.19. The average molecular weight is 532 g/mol. The number of amides is 1. The van der Waals surface area contributed by atoms with Crippen molar-refractivity contribution in [3.63, 3.8) is 0 Å². The smallest absolute Gasteiger partial charge is 0.337 e. The molecule has 0 spiro atoms. The summed E-state index contributed by atoms with van der Waals surface area (Å²) >= 11 is 3.20. The number of nitrogens with zero attached hydrogens (tertiary/aromatic N) is 1. The molecule has 0 heterocycles. The maximum atomic E-state index is 12.8. The Hall–Kier alpha value is -3.21. The third-order valence-electron chi connectivity index (χ3n) is 4.79. The molecule has 0 saturated carbocycles. The normalized spacial score (nSPS) is 11.1. The molecular formula is C23H22BrN3O5S. The first-order chi connectivity index (χ1) is 15.6. The van der Waals surface area contributed by atoms with Crippen LogP contribution in [0.3, 0.4) is 0 Å². The highest BCUT2D eigenvalue weighted by molar-refractivity contribution is 9.10. The Morgan fingerprint density at radius 3 is 2.33 bits per heavy atom. The Morgan fingerprint density at radius 1 is 1.00 bits per heavy atom. The molecule has 8 nitrogen and oxygen atoms in total. The van der Waals surface area contributed by atoms with E-state index in [0.717, 1.165) is 11.3 Å². The summed E-state index contributed by atoms with van der Waals surface area (Å²) in [4.78, 5) is 26.0. The lowest BCUT2D eigenvalue weighted by Gasteiger charge is -2.13. The summed E-state index contributed by atoms with van der Waals surface area (Å²) in [5, 5.41) is 11.9. The lowest BCUT2D eigenvalue weighted by Crippen LogP contribution is -2.24. The molecule has 0 bridgehead atoms.